The van der Waals surface area contributed by atoms with Crippen LogP contribution in [0.5, 0.6) is 0 Å². The van der Waals surface area contributed by atoms with Gasteiger partial charge in [-0.2, -0.15) is 23.4 Å². The SMILES string of the molecule is O=C(O)C(F)(F)F.O=C(c1ccnnc1)N1CCOCC2(CCC(CN3CCCC3)O2)C1. The van der Waals surface area contributed by atoms with Crippen molar-refractivity contribution in [3.8, 4) is 0 Å². The zero-order valence-corrected chi connectivity index (χ0v) is 17.6. The molecule has 12 heteroatoms. The van der Waals surface area contributed by atoms with Crippen molar-refractivity contribution in [2.45, 2.75) is 43.6 Å². The molecule has 3 saturated heterocycles. The van der Waals surface area contributed by atoms with E-state index in [0.29, 0.717) is 31.9 Å². The summed E-state index contributed by atoms with van der Waals surface area (Å²) in [6, 6.07) is 1.71. The maximum atomic E-state index is 12.8. The molecule has 0 bridgehead atoms. The first kappa shape index (κ1) is 24.3. The number of aromatic nitrogens is 2. The zero-order chi connectivity index (χ0) is 23.2. The number of hydrogen-bond acceptors (Lipinski definition) is 7. The van der Waals surface area contributed by atoms with Crippen molar-refractivity contribution in [3.05, 3.63) is 24.0 Å². The maximum Gasteiger partial charge on any atom is 0.490 e. The van der Waals surface area contributed by atoms with Gasteiger partial charge < -0.3 is 24.4 Å². The Kier molecular flexibility index (Phi) is 8.01. The van der Waals surface area contributed by atoms with Crippen LogP contribution in [0.25, 0.3) is 0 Å². The van der Waals surface area contributed by atoms with Crippen LogP contribution in [0.1, 0.15) is 36.0 Å². The molecule has 3 aliphatic heterocycles. The molecule has 3 aliphatic rings. The van der Waals surface area contributed by atoms with Gasteiger partial charge in [-0.05, 0) is 44.8 Å². The number of carbonyl (C=O) groups excluding carboxylic acids is 1. The van der Waals surface area contributed by atoms with Crippen LogP contribution in [0.4, 0.5) is 13.2 Å². The number of rotatable bonds is 3. The fraction of sp³-hybridized carbons (Fsp3) is 0.700. The predicted octanol–water partition coefficient (Wildman–Crippen LogP) is 1.60. The molecular formula is C20H27F3N4O5. The second-order valence-electron chi connectivity index (χ2n) is 8.18. The van der Waals surface area contributed by atoms with Crippen molar-refractivity contribution in [1.82, 2.24) is 20.0 Å². The average molecular weight is 460 g/mol. The highest BCUT2D eigenvalue weighted by molar-refractivity contribution is 5.93. The first-order valence-electron chi connectivity index (χ1n) is 10.5. The molecule has 0 aromatic carbocycles. The van der Waals surface area contributed by atoms with E-state index in [4.69, 9.17) is 19.4 Å². The van der Waals surface area contributed by atoms with Gasteiger partial charge >= 0.3 is 12.1 Å². The Hall–Kier alpha value is -2.31. The number of ether oxygens (including phenoxy) is 2. The van der Waals surface area contributed by atoms with Crippen LogP contribution >= 0.6 is 0 Å². The summed E-state index contributed by atoms with van der Waals surface area (Å²) in [5.41, 5.74) is 0.204. The number of carboxylic acids is 1. The molecule has 32 heavy (non-hydrogen) atoms. The third-order valence-electron chi connectivity index (χ3n) is 5.71. The van der Waals surface area contributed by atoms with E-state index in [1.807, 2.05) is 4.90 Å². The van der Waals surface area contributed by atoms with E-state index in [0.717, 1.165) is 19.4 Å². The topological polar surface area (TPSA) is 105 Å². The molecule has 0 saturated carbocycles. The molecule has 9 nitrogen and oxygen atoms in total. The van der Waals surface area contributed by atoms with E-state index in [9.17, 15) is 18.0 Å². The minimum Gasteiger partial charge on any atom is -0.475 e. The third-order valence-corrected chi connectivity index (χ3v) is 5.71. The lowest BCUT2D eigenvalue weighted by Crippen LogP contribution is -2.47. The minimum absolute atomic E-state index is 0.0219. The Labute approximate surface area is 183 Å². The second-order valence-corrected chi connectivity index (χ2v) is 8.18. The van der Waals surface area contributed by atoms with Crippen molar-refractivity contribution in [2.75, 3.05) is 45.9 Å². The summed E-state index contributed by atoms with van der Waals surface area (Å²) >= 11 is 0. The molecule has 4 rings (SSSR count). The van der Waals surface area contributed by atoms with Crippen LogP contribution in [0.2, 0.25) is 0 Å². The van der Waals surface area contributed by atoms with Crippen LogP contribution in [-0.4, -0.2) is 101 Å². The molecule has 1 amide bonds. The Morgan fingerprint density at radius 2 is 1.94 bits per heavy atom. The van der Waals surface area contributed by atoms with Crippen LogP contribution in [0.3, 0.4) is 0 Å². The first-order chi connectivity index (χ1) is 15.2. The summed E-state index contributed by atoms with van der Waals surface area (Å²) < 4.78 is 44.0. The van der Waals surface area contributed by atoms with Crippen molar-refractivity contribution >= 4 is 11.9 Å². The fourth-order valence-electron chi connectivity index (χ4n) is 4.18. The quantitative estimate of drug-likeness (QED) is 0.725. The Balaban J connectivity index is 0.000000360. The van der Waals surface area contributed by atoms with Crippen LogP contribution in [-0.2, 0) is 14.3 Å². The maximum absolute atomic E-state index is 12.8. The van der Waals surface area contributed by atoms with E-state index in [1.54, 1.807) is 12.3 Å². The van der Waals surface area contributed by atoms with E-state index >= 15 is 0 Å². The highest BCUT2D eigenvalue weighted by Gasteiger charge is 2.44. The van der Waals surface area contributed by atoms with Gasteiger partial charge in [0.1, 0.15) is 5.60 Å². The van der Waals surface area contributed by atoms with Gasteiger partial charge in [-0.3, -0.25) is 4.79 Å². The van der Waals surface area contributed by atoms with Crippen molar-refractivity contribution < 1.29 is 37.3 Å². The van der Waals surface area contributed by atoms with E-state index in [-0.39, 0.29) is 17.6 Å². The molecule has 1 N–H and O–H groups in total. The second kappa shape index (κ2) is 10.5. The summed E-state index contributed by atoms with van der Waals surface area (Å²) in [6.45, 7) is 5.66. The van der Waals surface area contributed by atoms with Gasteiger partial charge in [-0.15, -0.1) is 0 Å². The average Bonchev–Trinajstić information content (AvgIpc) is 3.35. The lowest BCUT2D eigenvalue weighted by Gasteiger charge is -2.32. The summed E-state index contributed by atoms with van der Waals surface area (Å²) in [6.07, 6.45) is 2.82. The number of halogens is 3. The summed E-state index contributed by atoms with van der Waals surface area (Å²) in [4.78, 5) is 26.0. The lowest BCUT2D eigenvalue weighted by atomic mass is 9.99. The number of carbonyl (C=O) groups is 2. The summed E-state index contributed by atoms with van der Waals surface area (Å²) in [5, 5.41) is 14.7. The standard InChI is InChI=1S/C18H26N4O3.C2HF3O2/c23-17(15-4-6-19-20-11-15)22-9-10-24-14-18(13-22)5-3-16(25-18)12-21-7-1-2-8-21;3-2(4,5)1(6)7/h4,6,11,16H,1-3,5,7-10,12-14H2;(H,6,7). The number of alkyl halides is 3. The third kappa shape index (κ3) is 6.59. The van der Waals surface area contributed by atoms with Gasteiger partial charge in [0.2, 0.25) is 0 Å². The number of aliphatic carboxylic acids is 1. The molecule has 4 heterocycles. The Morgan fingerprint density at radius 3 is 2.56 bits per heavy atom. The largest absolute Gasteiger partial charge is 0.490 e. The van der Waals surface area contributed by atoms with E-state index in [2.05, 4.69) is 15.1 Å². The molecular weight excluding hydrogens is 433 g/mol. The molecule has 0 aliphatic carbocycles. The number of carboxylic acid groups (broad SMARTS) is 1. The van der Waals surface area contributed by atoms with Gasteiger partial charge in [0.25, 0.3) is 5.91 Å². The summed E-state index contributed by atoms with van der Waals surface area (Å²) in [5.74, 6) is -2.78. The molecule has 1 aromatic rings. The Morgan fingerprint density at radius 1 is 1.22 bits per heavy atom. The number of nitrogens with zero attached hydrogens (tertiary/aromatic N) is 4. The summed E-state index contributed by atoms with van der Waals surface area (Å²) in [7, 11) is 0. The zero-order valence-electron chi connectivity index (χ0n) is 17.6. The number of amides is 1. The molecule has 1 spiro atoms. The van der Waals surface area contributed by atoms with E-state index < -0.39 is 12.1 Å². The normalized spacial score (nSPS) is 26.5. The van der Waals surface area contributed by atoms with Crippen LogP contribution in [0.15, 0.2) is 18.5 Å². The van der Waals surface area contributed by atoms with E-state index in [1.165, 1.54) is 32.1 Å². The molecule has 2 unspecified atom stereocenters. The predicted molar refractivity (Wildman–Crippen MR) is 105 cm³/mol. The molecule has 1 aromatic heterocycles. The van der Waals surface area contributed by atoms with Gasteiger partial charge in [0.05, 0.1) is 43.8 Å². The van der Waals surface area contributed by atoms with Crippen LogP contribution < -0.4 is 0 Å². The molecule has 2 atom stereocenters. The first-order valence-corrected chi connectivity index (χ1v) is 10.5. The molecule has 178 valence electrons. The number of hydrogen-bond donors (Lipinski definition) is 1. The van der Waals surface area contributed by atoms with Gasteiger partial charge in [-0.25, -0.2) is 4.79 Å². The van der Waals surface area contributed by atoms with Gasteiger partial charge in [-0.1, -0.05) is 0 Å². The minimum atomic E-state index is -5.08. The number of likely N-dealkylation sites (tertiary alicyclic amines) is 1. The van der Waals surface area contributed by atoms with Crippen LogP contribution in [0, 0.1) is 0 Å². The molecule has 3 fully saturated rings. The van der Waals surface area contributed by atoms with Gasteiger partial charge in [0, 0.05) is 13.1 Å². The van der Waals surface area contributed by atoms with Gasteiger partial charge in [0.15, 0.2) is 0 Å². The smallest absolute Gasteiger partial charge is 0.475 e. The monoisotopic (exact) mass is 460 g/mol. The molecule has 0 radical (unpaired) electrons. The lowest BCUT2D eigenvalue weighted by molar-refractivity contribution is -0.192. The highest BCUT2D eigenvalue weighted by atomic mass is 19.4. The highest BCUT2D eigenvalue weighted by Crippen LogP contribution is 2.34. The van der Waals surface area contributed by atoms with Crippen molar-refractivity contribution in [2.24, 2.45) is 0 Å². The van der Waals surface area contributed by atoms with Crippen molar-refractivity contribution in [3.63, 3.8) is 0 Å². The Bertz CT molecular complexity index is 776. The fourth-order valence-corrected chi connectivity index (χ4v) is 4.18. The van der Waals surface area contributed by atoms with Crippen molar-refractivity contribution in [1.29, 1.82) is 0 Å².